The first-order valence-corrected chi connectivity index (χ1v) is 6.76. The minimum absolute atomic E-state index is 0.709. The topological polar surface area (TPSA) is 37.8 Å². The van der Waals surface area contributed by atoms with E-state index in [4.69, 9.17) is 11.6 Å². The summed E-state index contributed by atoms with van der Waals surface area (Å²) in [6, 6.07) is 5.90. The highest BCUT2D eigenvalue weighted by Crippen LogP contribution is 2.26. The summed E-state index contributed by atoms with van der Waals surface area (Å²) >= 11 is 6.16. The van der Waals surface area contributed by atoms with Crippen LogP contribution >= 0.6 is 11.6 Å². The van der Waals surface area contributed by atoms with Crippen molar-refractivity contribution in [1.29, 1.82) is 0 Å². The average Bonchev–Trinajstić information content (AvgIpc) is 2.40. The van der Waals surface area contributed by atoms with Gasteiger partial charge in [-0.3, -0.25) is 0 Å². The number of nitrogens with one attached hydrogen (secondary N) is 1. The van der Waals surface area contributed by atoms with Gasteiger partial charge in [-0.25, -0.2) is 9.97 Å². The summed E-state index contributed by atoms with van der Waals surface area (Å²) in [5, 5.41) is 3.88. The van der Waals surface area contributed by atoms with Crippen LogP contribution in [0.4, 0.5) is 5.82 Å². The van der Waals surface area contributed by atoms with Crippen molar-refractivity contribution in [3.63, 3.8) is 0 Å². The van der Waals surface area contributed by atoms with Crippen molar-refractivity contribution in [1.82, 2.24) is 9.97 Å². The summed E-state index contributed by atoms with van der Waals surface area (Å²) in [6.07, 6.45) is 0.914. The number of anilines is 1. The van der Waals surface area contributed by atoms with E-state index in [1.165, 1.54) is 0 Å². The molecule has 0 aliphatic heterocycles. The number of benzene rings is 1. The highest BCUT2D eigenvalue weighted by Gasteiger charge is 2.11. The summed E-state index contributed by atoms with van der Waals surface area (Å²) < 4.78 is 0. The second kappa shape index (κ2) is 5.57. The number of hydrogen-bond donors (Lipinski definition) is 1. The predicted molar refractivity (Wildman–Crippen MR) is 80.9 cm³/mol. The van der Waals surface area contributed by atoms with E-state index < -0.39 is 0 Å². The zero-order chi connectivity index (χ0) is 14.0. The Bertz CT molecular complexity index is 609. The van der Waals surface area contributed by atoms with Crippen molar-refractivity contribution < 1.29 is 0 Å². The van der Waals surface area contributed by atoms with Crippen molar-refractivity contribution in [2.45, 2.75) is 27.2 Å². The average molecular weight is 276 g/mol. The fourth-order valence-corrected chi connectivity index (χ4v) is 2.27. The molecule has 0 saturated heterocycles. The second-order valence-electron chi connectivity index (χ2n) is 4.53. The van der Waals surface area contributed by atoms with Gasteiger partial charge < -0.3 is 5.32 Å². The molecule has 1 aromatic carbocycles. The molecule has 100 valence electrons. The van der Waals surface area contributed by atoms with Gasteiger partial charge in [-0.15, -0.1) is 0 Å². The lowest BCUT2D eigenvalue weighted by Crippen LogP contribution is -2.05. The zero-order valence-electron chi connectivity index (χ0n) is 11.7. The van der Waals surface area contributed by atoms with Crippen LogP contribution in [0.2, 0.25) is 5.02 Å². The van der Waals surface area contributed by atoms with E-state index in [1.54, 1.807) is 0 Å². The SMILES string of the molecule is CCc1c(C)nc(-c2ccc(C)c(Cl)c2)nc1NC. The molecule has 3 nitrogen and oxygen atoms in total. The van der Waals surface area contributed by atoms with Crippen LogP contribution in [0.25, 0.3) is 11.4 Å². The summed E-state index contributed by atoms with van der Waals surface area (Å²) in [6.45, 7) is 6.10. The third-order valence-electron chi connectivity index (χ3n) is 3.23. The Labute approximate surface area is 119 Å². The molecule has 4 heteroatoms. The molecule has 0 amide bonds. The Hall–Kier alpha value is -1.61. The number of hydrogen-bond acceptors (Lipinski definition) is 3. The summed E-state index contributed by atoms with van der Waals surface area (Å²) in [4.78, 5) is 9.17. The van der Waals surface area contributed by atoms with Crippen molar-refractivity contribution in [2.24, 2.45) is 0 Å². The van der Waals surface area contributed by atoms with Crippen molar-refractivity contribution in [3.05, 3.63) is 40.0 Å². The lowest BCUT2D eigenvalue weighted by molar-refractivity contribution is 1.00. The summed E-state index contributed by atoms with van der Waals surface area (Å²) in [5.74, 6) is 1.60. The molecule has 1 aromatic heterocycles. The molecule has 0 aliphatic rings. The fraction of sp³-hybridized carbons (Fsp3) is 0.333. The first-order chi connectivity index (χ1) is 9.06. The van der Waals surface area contributed by atoms with Crippen LogP contribution in [-0.2, 0) is 6.42 Å². The van der Waals surface area contributed by atoms with E-state index >= 15 is 0 Å². The minimum Gasteiger partial charge on any atom is -0.373 e. The Balaban J connectivity index is 2.56. The molecule has 0 spiro atoms. The van der Waals surface area contributed by atoms with Crippen LogP contribution < -0.4 is 5.32 Å². The molecule has 0 aliphatic carbocycles. The van der Waals surface area contributed by atoms with E-state index in [0.717, 1.165) is 39.6 Å². The van der Waals surface area contributed by atoms with E-state index in [2.05, 4.69) is 22.2 Å². The van der Waals surface area contributed by atoms with Crippen molar-refractivity contribution in [2.75, 3.05) is 12.4 Å². The lowest BCUT2D eigenvalue weighted by atomic mass is 10.1. The van der Waals surface area contributed by atoms with Crippen LogP contribution in [0, 0.1) is 13.8 Å². The number of halogens is 1. The van der Waals surface area contributed by atoms with Gasteiger partial charge >= 0.3 is 0 Å². The lowest BCUT2D eigenvalue weighted by Gasteiger charge is -2.12. The van der Waals surface area contributed by atoms with Gasteiger partial charge in [-0.1, -0.05) is 30.7 Å². The highest BCUT2D eigenvalue weighted by molar-refractivity contribution is 6.31. The van der Waals surface area contributed by atoms with Crippen LogP contribution in [-0.4, -0.2) is 17.0 Å². The number of aryl methyl sites for hydroxylation is 2. The zero-order valence-corrected chi connectivity index (χ0v) is 12.5. The molecular formula is C15H18ClN3. The molecule has 0 radical (unpaired) electrons. The van der Waals surface area contributed by atoms with Crippen LogP contribution in [0.3, 0.4) is 0 Å². The van der Waals surface area contributed by atoms with E-state index in [9.17, 15) is 0 Å². The molecule has 19 heavy (non-hydrogen) atoms. The van der Waals surface area contributed by atoms with Crippen molar-refractivity contribution in [3.8, 4) is 11.4 Å². The molecule has 1 heterocycles. The van der Waals surface area contributed by atoms with Gasteiger partial charge in [0, 0.05) is 28.9 Å². The summed E-state index contributed by atoms with van der Waals surface area (Å²) in [7, 11) is 1.88. The van der Waals surface area contributed by atoms with E-state index in [0.29, 0.717) is 5.82 Å². The number of aromatic nitrogens is 2. The normalized spacial score (nSPS) is 10.6. The van der Waals surface area contributed by atoms with Gasteiger partial charge in [0.05, 0.1) is 0 Å². The maximum absolute atomic E-state index is 6.16. The molecule has 0 unspecified atom stereocenters. The van der Waals surface area contributed by atoms with Gasteiger partial charge in [0.1, 0.15) is 5.82 Å². The predicted octanol–water partition coefficient (Wildman–Crippen LogP) is 4.02. The van der Waals surface area contributed by atoms with Gasteiger partial charge in [-0.2, -0.15) is 0 Å². The molecule has 2 rings (SSSR count). The standard InChI is InChI=1S/C15H18ClN3/c1-5-12-10(3)18-14(19-15(12)17-4)11-7-6-9(2)13(16)8-11/h6-8H,5H2,1-4H3,(H,17,18,19). The molecule has 0 fully saturated rings. The number of rotatable bonds is 3. The molecule has 2 aromatic rings. The van der Waals surface area contributed by atoms with Gasteiger partial charge in [0.15, 0.2) is 5.82 Å². The third-order valence-corrected chi connectivity index (χ3v) is 3.64. The van der Waals surface area contributed by atoms with Gasteiger partial charge in [0.25, 0.3) is 0 Å². The quantitative estimate of drug-likeness (QED) is 0.919. The first-order valence-electron chi connectivity index (χ1n) is 6.38. The molecule has 0 atom stereocenters. The monoisotopic (exact) mass is 275 g/mol. The molecule has 0 bridgehead atoms. The second-order valence-corrected chi connectivity index (χ2v) is 4.93. The smallest absolute Gasteiger partial charge is 0.161 e. The van der Waals surface area contributed by atoms with E-state index in [1.807, 2.05) is 39.1 Å². The Kier molecular flexibility index (Phi) is 4.05. The highest BCUT2D eigenvalue weighted by atomic mass is 35.5. The summed E-state index contributed by atoms with van der Waals surface area (Å²) in [5.41, 5.74) is 4.16. The maximum atomic E-state index is 6.16. The van der Waals surface area contributed by atoms with Gasteiger partial charge in [-0.05, 0) is 31.9 Å². The molecular weight excluding hydrogens is 258 g/mol. The first kappa shape index (κ1) is 13.8. The Morgan fingerprint density at radius 2 is 1.95 bits per heavy atom. The fourth-order valence-electron chi connectivity index (χ4n) is 2.09. The minimum atomic E-state index is 0.709. The number of nitrogens with zero attached hydrogens (tertiary/aromatic N) is 2. The molecule has 0 saturated carbocycles. The van der Waals surface area contributed by atoms with Crippen LogP contribution in [0.5, 0.6) is 0 Å². The third kappa shape index (κ3) is 2.71. The van der Waals surface area contributed by atoms with Crippen LogP contribution in [0.1, 0.15) is 23.7 Å². The molecule has 1 N–H and O–H groups in total. The van der Waals surface area contributed by atoms with Crippen LogP contribution in [0.15, 0.2) is 18.2 Å². The largest absolute Gasteiger partial charge is 0.373 e. The Morgan fingerprint density at radius 3 is 2.53 bits per heavy atom. The maximum Gasteiger partial charge on any atom is 0.161 e. The van der Waals surface area contributed by atoms with E-state index in [-0.39, 0.29) is 0 Å². The van der Waals surface area contributed by atoms with Gasteiger partial charge in [0.2, 0.25) is 0 Å². The van der Waals surface area contributed by atoms with Crippen molar-refractivity contribution >= 4 is 17.4 Å². The Morgan fingerprint density at radius 1 is 1.21 bits per heavy atom.